The van der Waals surface area contributed by atoms with Gasteiger partial charge in [-0.2, -0.15) is 13.2 Å². The van der Waals surface area contributed by atoms with Gasteiger partial charge in [0.1, 0.15) is 12.3 Å². The van der Waals surface area contributed by atoms with Crippen molar-refractivity contribution < 1.29 is 35.1 Å². The van der Waals surface area contributed by atoms with E-state index in [1.165, 1.54) is 24.5 Å². The summed E-state index contributed by atoms with van der Waals surface area (Å²) in [6.07, 6.45) is -5.16. The Labute approximate surface area is 187 Å². The fourth-order valence-electron chi connectivity index (χ4n) is 3.43. The molecule has 0 spiro atoms. The summed E-state index contributed by atoms with van der Waals surface area (Å²) in [5, 5.41) is 3.35. The van der Waals surface area contributed by atoms with Crippen molar-refractivity contribution >= 4 is 39.1 Å². The van der Waals surface area contributed by atoms with Crippen molar-refractivity contribution in [3.63, 3.8) is 0 Å². The van der Waals surface area contributed by atoms with E-state index >= 15 is 0 Å². The van der Waals surface area contributed by atoms with Crippen LogP contribution in [0.2, 0.25) is 0 Å². The zero-order chi connectivity index (χ0) is 22.2. The van der Waals surface area contributed by atoms with Gasteiger partial charge in [-0.1, -0.05) is 12.1 Å². The molecule has 2 unspecified atom stereocenters. The molecular formula is C20H19ClF4N2O4S. The van der Waals surface area contributed by atoms with Gasteiger partial charge in [0.05, 0.1) is 22.4 Å². The summed E-state index contributed by atoms with van der Waals surface area (Å²) >= 11 is 0. The molecule has 174 valence electrons. The lowest BCUT2D eigenvalue weighted by Gasteiger charge is -2.27. The Balaban J connectivity index is 0.00000289. The van der Waals surface area contributed by atoms with Crippen LogP contribution in [0.3, 0.4) is 0 Å². The summed E-state index contributed by atoms with van der Waals surface area (Å²) in [7, 11) is -4.58. The number of sulfonamides is 1. The maximum atomic E-state index is 14.2. The molecule has 2 atom stereocenters. The number of fused-ring (bicyclic) bond motifs is 1. The van der Waals surface area contributed by atoms with Gasteiger partial charge in [-0.05, 0) is 37.2 Å². The summed E-state index contributed by atoms with van der Waals surface area (Å²) in [5.74, 6) is 0.0962. The van der Waals surface area contributed by atoms with Gasteiger partial charge in [-0.25, -0.2) is 12.8 Å². The van der Waals surface area contributed by atoms with Gasteiger partial charge < -0.3 is 14.5 Å². The van der Waals surface area contributed by atoms with Crippen LogP contribution < -0.4 is 14.8 Å². The molecule has 1 aliphatic heterocycles. The molecule has 4 rings (SSSR count). The molecular weight excluding hydrogens is 476 g/mol. The van der Waals surface area contributed by atoms with Gasteiger partial charge in [-0.3, -0.25) is 4.72 Å². The highest BCUT2D eigenvalue weighted by Gasteiger charge is 2.37. The number of ether oxygens (including phenoxy) is 1. The van der Waals surface area contributed by atoms with Crippen molar-refractivity contribution in [2.75, 3.05) is 17.8 Å². The standard InChI is InChI=1S/C20H18F4N2O4S.ClH/c21-15-11-25-7-5-16(15)30-17-10-13(9-12-6-8-29-19(12)17)26-31(27,28)18-4-2-1-3-14(18)20(22,23)24;/h1-4,6,8-10,15-16,25-26H,5,7,11H2;1H. The Bertz CT molecular complexity index is 1200. The van der Waals surface area contributed by atoms with Crippen molar-refractivity contribution in [2.45, 2.75) is 29.8 Å². The van der Waals surface area contributed by atoms with E-state index < -0.39 is 38.9 Å². The average Bonchev–Trinajstić information content (AvgIpc) is 3.18. The number of piperidine rings is 1. The Morgan fingerprint density at radius 3 is 2.62 bits per heavy atom. The first-order valence-corrected chi connectivity index (χ1v) is 10.9. The molecule has 0 radical (unpaired) electrons. The van der Waals surface area contributed by atoms with E-state index in [0.29, 0.717) is 24.4 Å². The third kappa shape index (κ3) is 4.94. The molecule has 0 saturated carbocycles. The van der Waals surface area contributed by atoms with Crippen molar-refractivity contribution in [1.29, 1.82) is 0 Å². The van der Waals surface area contributed by atoms with Gasteiger partial charge in [0, 0.05) is 18.0 Å². The minimum atomic E-state index is -4.85. The van der Waals surface area contributed by atoms with Crippen LogP contribution in [0, 0.1) is 0 Å². The fourth-order valence-corrected chi connectivity index (χ4v) is 4.70. The van der Waals surface area contributed by atoms with Crippen LogP contribution in [0.1, 0.15) is 12.0 Å². The minimum Gasteiger partial charge on any atom is -0.483 e. The minimum absolute atomic E-state index is 0. The predicted molar refractivity (Wildman–Crippen MR) is 113 cm³/mol. The molecule has 0 amide bonds. The van der Waals surface area contributed by atoms with Crippen LogP contribution in [0.5, 0.6) is 5.75 Å². The topological polar surface area (TPSA) is 80.6 Å². The number of alkyl halides is 4. The summed E-state index contributed by atoms with van der Waals surface area (Å²) in [6.45, 7) is 0.666. The van der Waals surface area contributed by atoms with Crippen LogP contribution >= 0.6 is 12.4 Å². The molecule has 2 aromatic carbocycles. The zero-order valence-corrected chi connectivity index (χ0v) is 18.0. The van der Waals surface area contributed by atoms with E-state index in [4.69, 9.17) is 9.15 Å². The zero-order valence-electron chi connectivity index (χ0n) is 16.4. The molecule has 0 bridgehead atoms. The molecule has 1 aliphatic rings. The quantitative estimate of drug-likeness (QED) is 0.500. The summed E-state index contributed by atoms with van der Waals surface area (Å²) in [4.78, 5) is -0.903. The number of rotatable bonds is 5. The Morgan fingerprint density at radius 1 is 1.16 bits per heavy atom. The number of benzene rings is 2. The molecule has 1 aromatic heterocycles. The Morgan fingerprint density at radius 2 is 1.91 bits per heavy atom. The van der Waals surface area contributed by atoms with Gasteiger partial charge in [-0.15, -0.1) is 12.4 Å². The van der Waals surface area contributed by atoms with Crippen LogP contribution in [-0.2, 0) is 16.2 Å². The van der Waals surface area contributed by atoms with E-state index in [-0.39, 0.29) is 36.0 Å². The van der Waals surface area contributed by atoms with Crippen LogP contribution in [-0.4, -0.2) is 33.8 Å². The summed E-state index contributed by atoms with van der Waals surface area (Å²) in [6, 6.07) is 8.10. The second kappa shape index (κ2) is 9.16. The van der Waals surface area contributed by atoms with Crippen molar-refractivity contribution in [3.8, 4) is 5.75 Å². The van der Waals surface area contributed by atoms with Crippen LogP contribution in [0.4, 0.5) is 23.2 Å². The van der Waals surface area contributed by atoms with E-state index in [2.05, 4.69) is 10.0 Å². The van der Waals surface area contributed by atoms with Gasteiger partial charge in [0.25, 0.3) is 10.0 Å². The first kappa shape index (κ1) is 24.1. The van der Waals surface area contributed by atoms with E-state index in [9.17, 15) is 26.0 Å². The second-order valence-corrected chi connectivity index (χ2v) is 8.73. The predicted octanol–water partition coefficient (Wildman–Crippen LogP) is 4.75. The maximum absolute atomic E-state index is 14.2. The van der Waals surface area contributed by atoms with E-state index in [1.807, 2.05) is 0 Å². The number of nitrogens with one attached hydrogen (secondary N) is 2. The summed E-state index contributed by atoms with van der Waals surface area (Å²) in [5.41, 5.74) is -1.03. The number of hydrogen-bond donors (Lipinski definition) is 2. The number of halogens is 5. The first-order chi connectivity index (χ1) is 14.6. The van der Waals surface area contributed by atoms with Crippen LogP contribution in [0.15, 0.2) is 58.0 Å². The lowest BCUT2D eigenvalue weighted by atomic mass is 10.1. The largest absolute Gasteiger partial charge is 0.483 e. The molecule has 2 heterocycles. The normalized spacial score (nSPS) is 19.4. The highest BCUT2D eigenvalue weighted by atomic mass is 35.5. The lowest BCUT2D eigenvalue weighted by molar-refractivity contribution is -0.139. The van der Waals surface area contributed by atoms with Crippen molar-refractivity contribution in [2.24, 2.45) is 0 Å². The molecule has 6 nitrogen and oxygen atoms in total. The van der Waals surface area contributed by atoms with Gasteiger partial charge in [0.2, 0.25) is 0 Å². The summed E-state index contributed by atoms with van der Waals surface area (Å²) < 4.78 is 92.8. The molecule has 32 heavy (non-hydrogen) atoms. The highest BCUT2D eigenvalue weighted by Crippen LogP contribution is 2.36. The molecule has 12 heteroatoms. The maximum Gasteiger partial charge on any atom is 0.417 e. The number of anilines is 1. The molecule has 3 aromatic rings. The number of hydrogen-bond acceptors (Lipinski definition) is 5. The third-order valence-corrected chi connectivity index (χ3v) is 6.32. The molecule has 2 N–H and O–H groups in total. The monoisotopic (exact) mass is 494 g/mol. The molecule has 0 aliphatic carbocycles. The van der Waals surface area contributed by atoms with Crippen molar-refractivity contribution in [1.82, 2.24) is 5.32 Å². The smallest absolute Gasteiger partial charge is 0.417 e. The van der Waals surface area contributed by atoms with Crippen LogP contribution in [0.25, 0.3) is 11.0 Å². The van der Waals surface area contributed by atoms with E-state index in [1.54, 1.807) is 6.07 Å². The Kier molecular flexibility index (Phi) is 6.91. The van der Waals surface area contributed by atoms with Gasteiger partial charge in [0.15, 0.2) is 11.3 Å². The van der Waals surface area contributed by atoms with E-state index in [0.717, 1.165) is 12.1 Å². The molecule has 1 saturated heterocycles. The highest BCUT2D eigenvalue weighted by molar-refractivity contribution is 7.92. The van der Waals surface area contributed by atoms with Crippen molar-refractivity contribution in [3.05, 3.63) is 54.3 Å². The average molecular weight is 495 g/mol. The lowest BCUT2D eigenvalue weighted by Crippen LogP contribution is -2.44. The first-order valence-electron chi connectivity index (χ1n) is 9.37. The fraction of sp³-hybridized carbons (Fsp3) is 0.300. The number of furan rings is 1. The Hall–Kier alpha value is -2.50. The molecule has 1 fully saturated rings. The second-order valence-electron chi connectivity index (χ2n) is 7.08. The SMILES string of the molecule is Cl.O=S(=O)(Nc1cc(OC2CCNCC2F)c2occc2c1)c1ccccc1C(F)(F)F. The van der Waals surface area contributed by atoms with Gasteiger partial charge >= 0.3 is 6.18 Å². The third-order valence-electron chi connectivity index (χ3n) is 4.88.